The molecule has 0 amide bonds. The maximum atomic E-state index is 10.8. The van der Waals surface area contributed by atoms with Crippen molar-refractivity contribution in [1.82, 2.24) is 10.1 Å². The third-order valence-corrected chi connectivity index (χ3v) is 3.45. The normalized spacial score (nSPS) is 10.4. The number of aryl methyl sites for hydroxylation is 1. The smallest absolute Gasteiger partial charge is 0.264 e. The highest BCUT2D eigenvalue weighted by Gasteiger charge is 2.11. The van der Waals surface area contributed by atoms with Crippen molar-refractivity contribution in [1.29, 1.82) is 0 Å². The second-order valence-electron chi connectivity index (χ2n) is 5.19. The first-order chi connectivity index (χ1) is 11.7. The quantitative estimate of drug-likeness (QED) is 0.647. The molecule has 0 saturated carbocycles. The molecule has 0 aliphatic carbocycles. The molecule has 0 fully saturated rings. The number of carbonyl (C=O) groups excluding carboxylic acids is 1. The second kappa shape index (κ2) is 6.95. The fraction of sp³-hybridized carbons (Fsp3) is 0.167. The Hall–Kier alpha value is -3.15. The van der Waals surface area contributed by atoms with Crippen LogP contribution in [0.3, 0.4) is 0 Å². The summed E-state index contributed by atoms with van der Waals surface area (Å²) in [6.45, 7) is 2.12. The van der Waals surface area contributed by atoms with E-state index in [1.54, 1.807) is 18.2 Å². The molecule has 0 atom stereocenters. The monoisotopic (exact) mass is 324 g/mol. The number of carbonyl (C=O) groups is 1. The topological polar surface area (TPSA) is 74.5 Å². The summed E-state index contributed by atoms with van der Waals surface area (Å²) in [5.41, 5.74) is 2.55. The Morgan fingerprint density at radius 2 is 1.92 bits per heavy atom. The molecule has 0 spiro atoms. The molecule has 0 aliphatic heterocycles. The van der Waals surface area contributed by atoms with Gasteiger partial charge in [0.1, 0.15) is 6.29 Å². The Morgan fingerprint density at radius 1 is 1.12 bits per heavy atom. The van der Waals surface area contributed by atoms with E-state index in [-0.39, 0.29) is 6.61 Å². The van der Waals surface area contributed by atoms with Gasteiger partial charge in [0.25, 0.3) is 5.89 Å². The van der Waals surface area contributed by atoms with Gasteiger partial charge in [0, 0.05) is 11.1 Å². The summed E-state index contributed by atoms with van der Waals surface area (Å²) in [7, 11) is 1.51. The standard InChI is InChI=1S/C18H16N2O4/c1-12-3-6-14(7-4-12)18-19-17(24-20-18)11-23-15-8-5-13(10-21)9-16(15)22-2/h3-10H,11H2,1-2H3. The van der Waals surface area contributed by atoms with Crippen molar-refractivity contribution in [2.24, 2.45) is 0 Å². The van der Waals surface area contributed by atoms with E-state index < -0.39 is 0 Å². The molecule has 122 valence electrons. The molecule has 6 heteroatoms. The zero-order valence-corrected chi connectivity index (χ0v) is 13.4. The van der Waals surface area contributed by atoms with Crippen LogP contribution >= 0.6 is 0 Å². The van der Waals surface area contributed by atoms with E-state index in [0.717, 1.165) is 17.4 Å². The molecule has 0 unspecified atom stereocenters. The average molecular weight is 324 g/mol. The predicted octanol–water partition coefficient (Wildman–Crippen LogP) is 3.45. The lowest BCUT2D eigenvalue weighted by atomic mass is 10.1. The first-order valence-corrected chi connectivity index (χ1v) is 7.35. The Bertz CT molecular complexity index is 840. The van der Waals surface area contributed by atoms with Crippen LogP contribution in [0.15, 0.2) is 47.0 Å². The molecule has 1 aromatic heterocycles. The van der Waals surface area contributed by atoms with Crippen molar-refractivity contribution in [3.8, 4) is 22.9 Å². The largest absolute Gasteiger partial charge is 0.493 e. The van der Waals surface area contributed by atoms with Gasteiger partial charge in [-0.3, -0.25) is 4.79 Å². The highest BCUT2D eigenvalue weighted by atomic mass is 16.5. The van der Waals surface area contributed by atoms with Crippen molar-refractivity contribution >= 4 is 6.29 Å². The summed E-state index contributed by atoms with van der Waals surface area (Å²) < 4.78 is 16.1. The molecule has 0 aliphatic rings. The lowest BCUT2D eigenvalue weighted by molar-refractivity contribution is 0.112. The molecule has 3 rings (SSSR count). The number of aromatic nitrogens is 2. The van der Waals surface area contributed by atoms with Gasteiger partial charge in [0.2, 0.25) is 5.82 Å². The SMILES string of the molecule is COc1cc(C=O)ccc1OCc1nc(-c2ccc(C)cc2)no1. The van der Waals surface area contributed by atoms with Crippen LogP contribution in [-0.4, -0.2) is 23.5 Å². The summed E-state index contributed by atoms with van der Waals surface area (Å²) in [6, 6.07) is 12.8. The molecular formula is C18H16N2O4. The zero-order valence-electron chi connectivity index (χ0n) is 13.4. The van der Waals surface area contributed by atoms with Gasteiger partial charge in [-0.2, -0.15) is 4.98 Å². The number of aldehydes is 1. The van der Waals surface area contributed by atoms with E-state index in [2.05, 4.69) is 10.1 Å². The van der Waals surface area contributed by atoms with Crippen molar-refractivity contribution in [3.05, 3.63) is 59.5 Å². The lowest BCUT2D eigenvalue weighted by Gasteiger charge is -2.09. The molecular weight excluding hydrogens is 308 g/mol. The zero-order chi connectivity index (χ0) is 16.9. The summed E-state index contributed by atoms with van der Waals surface area (Å²) >= 11 is 0. The molecule has 1 heterocycles. The van der Waals surface area contributed by atoms with E-state index in [1.165, 1.54) is 7.11 Å². The summed E-state index contributed by atoms with van der Waals surface area (Å²) in [5, 5.41) is 3.95. The second-order valence-corrected chi connectivity index (χ2v) is 5.19. The van der Waals surface area contributed by atoms with Gasteiger partial charge in [0.05, 0.1) is 7.11 Å². The van der Waals surface area contributed by atoms with Crippen LogP contribution in [0.2, 0.25) is 0 Å². The van der Waals surface area contributed by atoms with Gasteiger partial charge in [-0.25, -0.2) is 0 Å². The Morgan fingerprint density at radius 3 is 2.62 bits per heavy atom. The third-order valence-electron chi connectivity index (χ3n) is 3.45. The number of rotatable bonds is 6. The first kappa shape index (κ1) is 15.7. The lowest BCUT2D eigenvalue weighted by Crippen LogP contribution is -1.98. The van der Waals surface area contributed by atoms with E-state index in [0.29, 0.717) is 28.8 Å². The van der Waals surface area contributed by atoms with Crippen molar-refractivity contribution in [2.45, 2.75) is 13.5 Å². The minimum Gasteiger partial charge on any atom is -0.493 e. The summed E-state index contributed by atoms with van der Waals surface area (Å²) in [5.74, 6) is 1.83. The van der Waals surface area contributed by atoms with Crippen molar-refractivity contribution < 1.29 is 18.8 Å². The van der Waals surface area contributed by atoms with E-state index >= 15 is 0 Å². The molecule has 0 N–H and O–H groups in total. The van der Waals surface area contributed by atoms with E-state index in [1.807, 2.05) is 31.2 Å². The highest BCUT2D eigenvalue weighted by Crippen LogP contribution is 2.28. The third kappa shape index (κ3) is 3.43. The number of methoxy groups -OCH3 is 1. The number of benzene rings is 2. The van der Waals surface area contributed by atoms with E-state index in [4.69, 9.17) is 14.0 Å². The fourth-order valence-corrected chi connectivity index (χ4v) is 2.15. The van der Waals surface area contributed by atoms with Crippen molar-refractivity contribution in [2.75, 3.05) is 7.11 Å². The van der Waals surface area contributed by atoms with Crippen LogP contribution < -0.4 is 9.47 Å². The van der Waals surface area contributed by atoms with Crippen LogP contribution in [0.25, 0.3) is 11.4 Å². The minimum atomic E-state index is 0.107. The van der Waals surface area contributed by atoms with Crippen LogP contribution in [0.4, 0.5) is 0 Å². The van der Waals surface area contributed by atoms with Crippen molar-refractivity contribution in [3.63, 3.8) is 0 Å². The molecule has 2 aromatic carbocycles. The van der Waals surface area contributed by atoms with Gasteiger partial charge in [-0.15, -0.1) is 0 Å². The summed E-state index contributed by atoms with van der Waals surface area (Å²) in [4.78, 5) is 15.1. The molecule has 0 radical (unpaired) electrons. The minimum absolute atomic E-state index is 0.107. The van der Waals surface area contributed by atoms with Gasteiger partial charge in [-0.05, 0) is 25.1 Å². The van der Waals surface area contributed by atoms with Gasteiger partial charge >= 0.3 is 0 Å². The molecule has 0 saturated heterocycles. The Kier molecular flexibility index (Phi) is 4.56. The maximum absolute atomic E-state index is 10.8. The molecule has 6 nitrogen and oxygen atoms in total. The number of ether oxygens (including phenoxy) is 2. The number of nitrogens with zero attached hydrogens (tertiary/aromatic N) is 2. The van der Waals surface area contributed by atoms with Crippen LogP contribution in [0.1, 0.15) is 21.8 Å². The maximum Gasteiger partial charge on any atom is 0.264 e. The summed E-state index contributed by atoms with van der Waals surface area (Å²) in [6.07, 6.45) is 0.748. The molecule has 0 bridgehead atoms. The predicted molar refractivity (Wildman–Crippen MR) is 87.2 cm³/mol. The van der Waals surface area contributed by atoms with Gasteiger partial charge in [0.15, 0.2) is 18.1 Å². The number of hydrogen-bond donors (Lipinski definition) is 0. The number of hydrogen-bond acceptors (Lipinski definition) is 6. The Labute approximate surface area is 139 Å². The van der Waals surface area contributed by atoms with Crippen LogP contribution in [0.5, 0.6) is 11.5 Å². The van der Waals surface area contributed by atoms with Gasteiger partial charge in [-0.1, -0.05) is 35.0 Å². The first-order valence-electron chi connectivity index (χ1n) is 7.35. The Balaban J connectivity index is 1.71. The van der Waals surface area contributed by atoms with Crippen LogP contribution in [0, 0.1) is 6.92 Å². The molecule has 24 heavy (non-hydrogen) atoms. The molecule has 3 aromatic rings. The van der Waals surface area contributed by atoms with Crippen LogP contribution in [-0.2, 0) is 6.61 Å². The average Bonchev–Trinajstić information content (AvgIpc) is 3.09. The van der Waals surface area contributed by atoms with E-state index in [9.17, 15) is 4.79 Å². The highest BCUT2D eigenvalue weighted by molar-refractivity contribution is 5.76. The van der Waals surface area contributed by atoms with Gasteiger partial charge < -0.3 is 14.0 Å². The fourth-order valence-electron chi connectivity index (χ4n) is 2.15.